The number of methoxy groups -OCH3 is 1. The number of aromatic nitrogens is 5. The minimum absolute atomic E-state index is 0.236. The average Bonchev–Trinajstić information content (AvgIpc) is 2.39. The van der Waals surface area contributed by atoms with E-state index in [4.69, 9.17) is 4.74 Å². The second kappa shape index (κ2) is 4.47. The minimum atomic E-state index is 0.236. The Morgan fingerprint density at radius 1 is 1.19 bits per heavy atom. The van der Waals surface area contributed by atoms with E-state index in [0.29, 0.717) is 17.5 Å². The molecule has 7 nitrogen and oxygen atoms in total. The highest BCUT2D eigenvalue weighted by atomic mass is 16.5. The highest BCUT2D eigenvalue weighted by molar-refractivity contribution is 5.49. The van der Waals surface area contributed by atoms with Gasteiger partial charge in [-0.25, -0.2) is 4.98 Å². The fraction of sp³-hybridized carbons (Fsp3) is 0.222. The largest absolute Gasteiger partial charge is 0.467 e. The van der Waals surface area contributed by atoms with Crippen molar-refractivity contribution in [1.82, 2.24) is 24.9 Å². The summed E-state index contributed by atoms with van der Waals surface area (Å²) >= 11 is 0. The van der Waals surface area contributed by atoms with Crippen molar-refractivity contribution in [2.75, 3.05) is 19.5 Å². The van der Waals surface area contributed by atoms with Crippen molar-refractivity contribution >= 4 is 5.95 Å². The first-order valence-electron chi connectivity index (χ1n) is 4.57. The summed E-state index contributed by atoms with van der Waals surface area (Å²) in [5, 5.41) is 2.82. The van der Waals surface area contributed by atoms with E-state index in [1.807, 2.05) is 0 Å². The standard InChI is InChI=1S/C9H10N6O/c1-10-8-13-7(14-9(15-8)16-2)6-5-11-3-4-12-6/h3-5H,1-2H3,(H,10,13,14,15). The van der Waals surface area contributed by atoms with E-state index in [1.54, 1.807) is 25.6 Å². The van der Waals surface area contributed by atoms with Crippen LogP contribution in [0.4, 0.5) is 5.95 Å². The highest BCUT2D eigenvalue weighted by Gasteiger charge is 2.08. The van der Waals surface area contributed by atoms with Crippen LogP contribution in [-0.4, -0.2) is 39.1 Å². The monoisotopic (exact) mass is 218 g/mol. The van der Waals surface area contributed by atoms with Crippen LogP contribution < -0.4 is 10.1 Å². The summed E-state index contributed by atoms with van der Waals surface area (Å²) in [6.07, 6.45) is 4.74. The molecule has 0 atom stereocenters. The molecule has 0 fully saturated rings. The molecule has 0 aliphatic carbocycles. The van der Waals surface area contributed by atoms with Gasteiger partial charge in [0.05, 0.1) is 13.3 Å². The zero-order valence-corrected chi connectivity index (χ0v) is 8.88. The number of anilines is 1. The molecule has 0 spiro atoms. The van der Waals surface area contributed by atoms with Gasteiger partial charge < -0.3 is 10.1 Å². The quantitative estimate of drug-likeness (QED) is 0.796. The molecule has 2 rings (SSSR count). The maximum Gasteiger partial charge on any atom is 0.321 e. The number of rotatable bonds is 3. The molecule has 0 aliphatic rings. The Hall–Kier alpha value is -2.31. The first kappa shape index (κ1) is 10.2. The Bertz CT molecular complexity index is 452. The predicted octanol–water partition coefficient (Wildman–Crippen LogP) is 0.379. The lowest BCUT2D eigenvalue weighted by Crippen LogP contribution is -2.03. The molecule has 1 N–H and O–H groups in total. The lowest BCUT2D eigenvalue weighted by Gasteiger charge is -2.04. The number of ether oxygens (including phenoxy) is 1. The van der Waals surface area contributed by atoms with E-state index >= 15 is 0 Å². The van der Waals surface area contributed by atoms with Crippen molar-refractivity contribution < 1.29 is 4.74 Å². The highest BCUT2D eigenvalue weighted by Crippen LogP contribution is 2.14. The lowest BCUT2D eigenvalue weighted by atomic mass is 10.4. The summed E-state index contributed by atoms with van der Waals surface area (Å²) in [6.45, 7) is 0. The van der Waals surface area contributed by atoms with Gasteiger partial charge in [-0.3, -0.25) is 4.98 Å². The van der Waals surface area contributed by atoms with E-state index in [-0.39, 0.29) is 6.01 Å². The Kier molecular flexibility index (Phi) is 2.86. The SMILES string of the molecule is CNc1nc(OC)nc(-c2cnccn2)n1. The van der Waals surface area contributed by atoms with Gasteiger partial charge in [-0.15, -0.1) is 0 Å². The van der Waals surface area contributed by atoms with Gasteiger partial charge in [0, 0.05) is 19.4 Å². The lowest BCUT2D eigenvalue weighted by molar-refractivity contribution is 0.379. The van der Waals surface area contributed by atoms with Crippen molar-refractivity contribution in [3.05, 3.63) is 18.6 Å². The van der Waals surface area contributed by atoms with Gasteiger partial charge in [0.1, 0.15) is 5.69 Å². The molecule has 16 heavy (non-hydrogen) atoms. The third kappa shape index (κ3) is 2.02. The second-order valence-electron chi connectivity index (χ2n) is 2.81. The first-order valence-corrected chi connectivity index (χ1v) is 4.57. The molecule has 82 valence electrons. The van der Waals surface area contributed by atoms with Crippen LogP contribution in [0.15, 0.2) is 18.6 Å². The normalized spacial score (nSPS) is 9.88. The molecular formula is C9H10N6O. The molecule has 2 aromatic rings. The molecule has 0 aliphatic heterocycles. The second-order valence-corrected chi connectivity index (χ2v) is 2.81. The predicted molar refractivity (Wildman–Crippen MR) is 57.0 cm³/mol. The Labute approximate surface area is 92.0 Å². The van der Waals surface area contributed by atoms with Gasteiger partial charge >= 0.3 is 6.01 Å². The molecule has 0 unspecified atom stereocenters. The van der Waals surface area contributed by atoms with Crippen LogP contribution in [-0.2, 0) is 0 Å². The van der Waals surface area contributed by atoms with Crippen LogP contribution in [0.3, 0.4) is 0 Å². The van der Waals surface area contributed by atoms with Crippen LogP contribution >= 0.6 is 0 Å². The van der Waals surface area contributed by atoms with Crippen LogP contribution in [0, 0.1) is 0 Å². The molecule has 0 bridgehead atoms. The number of nitrogens with zero attached hydrogens (tertiary/aromatic N) is 5. The van der Waals surface area contributed by atoms with Crippen molar-refractivity contribution in [1.29, 1.82) is 0 Å². The summed E-state index contributed by atoms with van der Waals surface area (Å²) in [5.41, 5.74) is 0.569. The Morgan fingerprint density at radius 3 is 2.69 bits per heavy atom. The molecule has 0 amide bonds. The van der Waals surface area contributed by atoms with Gasteiger partial charge in [-0.1, -0.05) is 0 Å². The van der Waals surface area contributed by atoms with E-state index in [1.165, 1.54) is 7.11 Å². The van der Waals surface area contributed by atoms with Gasteiger partial charge in [0.25, 0.3) is 0 Å². The van der Waals surface area contributed by atoms with E-state index in [0.717, 1.165) is 0 Å². The summed E-state index contributed by atoms with van der Waals surface area (Å²) < 4.78 is 4.97. The smallest absolute Gasteiger partial charge is 0.321 e. The van der Waals surface area contributed by atoms with Crippen LogP contribution in [0.5, 0.6) is 6.01 Å². The van der Waals surface area contributed by atoms with Crippen LogP contribution in [0.25, 0.3) is 11.5 Å². The molecule has 0 saturated heterocycles. The van der Waals surface area contributed by atoms with Crippen LogP contribution in [0.1, 0.15) is 0 Å². The molecule has 2 heterocycles. The molecule has 0 aromatic carbocycles. The summed E-state index contributed by atoms with van der Waals surface area (Å²) in [7, 11) is 3.21. The zero-order valence-electron chi connectivity index (χ0n) is 8.88. The topological polar surface area (TPSA) is 85.7 Å². The molecular weight excluding hydrogens is 208 g/mol. The number of hydrogen-bond acceptors (Lipinski definition) is 7. The summed E-state index contributed by atoms with van der Waals surface area (Å²) in [5.74, 6) is 0.844. The fourth-order valence-corrected chi connectivity index (χ4v) is 1.09. The molecule has 0 saturated carbocycles. The maximum absolute atomic E-state index is 4.97. The van der Waals surface area contributed by atoms with Crippen molar-refractivity contribution in [3.63, 3.8) is 0 Å². The first-order chi connectivity index (χ1) is 7.83. The van der Waals surface area contributed by atoms with Crippen molar-refractivity contribution in [2.45, 2.75) is 0 Å². The third-order valence-corrected chi connectivity index (χ3v) is 1.81. The zero-order chi connectivity index (χ0) is 11.4. The third-order valence-electron chi connectivity index (χ3n) is 1.81. The van der Waals surface area contributed by atoms with E-state index < -0.39 is 0 Å². The van der Waals surface area contributed by atoms with Crippen molar-refractivity contribution in [3.8, 4) is 17.5 Å². The Balaban J connectivity index is 2.48. The molecule has 7 heteroatoms. The van der Waals surface area contributed by atoms with Crippen LogP contribution in [0.2, 0.25) is 0 Å². The minimum Gasteiger partial charge on any atom is -0.467 e. The maximum atomic E-state index is 4.97. The molecule has 2 aromatic heterocycles. The fourth-order valence-electron chi connectivity index (χ4n) is 1.09. The van der Waals surface area contributed by atoms with Gasteiger partial charge in [-0.05, 0) is 0 Å². The van der Waals surface area contributed by atoms with Gasteiger partial charge in [0.2, 0.25) is 5.95 Å². The summed E-state index contributed by atoms with van der Waals surface area (Å²) in [4.78, 5) is 20.3. The summed E-state index contributed by atoms with van der Waals surface area (Å²) in [6, 6.07) is 0.236. The average molecular weight is 218 g/mol. The van der Waals surface area contributed by atoms with E-state index in [2.05, 4.69) is 30.2 Å². The number of hydrogen-bond donors (Lipinski definition) is 1. The van der Waals surface area contributed by atoms with E-state index in [9.17, 15) is 0 Å². The Morgan fingerprint density at radius 2 is 2.06 bits per heavy atom. The van der Waals surface area contributed by atoms with Gasteiger partial charge in [-0.2, -0.15) is 15.0 Å². The number of nitrogens with one attached hydrogen (secondary N) is 1. The van der Waals surface area contributed by atoms with Crippen molar-refractivity contribution in [2.24, 2.45) is 0 Å². The van der Waals surface area contributed by atoms with Gasteiger partial charge in [0.15, 0.2) is 5.82 Å². The molecule has 0 radical (unpaired) electrons.